The summed E-state index contributed by atoms with van der Waals surface area (Å²) in [5, 5.41) is 0. The Morgan fingerprint density at radius 3 is 1.44 bits per heavy atom. The van der Waals surface area contributed by atoms with E-state index in [2.05, 4.69) is 0 Å². The van der Waals surface area contributed by atoms with Crippen LogP contribution in [0.3, 0.4) is 0 Å². The Labute approximate surface area is 100 Å². The predicted octanol–water partition coefficient (Wildman–Crippen LogP) is 1.48. The SMILES string of the molecule is O=S(=O)(c1c[c]cc(S(=O)(=O)C(F)F)c1)C(F)F. The van der Waals surface area contributed by atoms with Gasteiger partial charge in [-0.15, -0.1) is 0 Å². The second-order valence-electron chi connectivity index (χ2n) is 3.02. The minimum Gasteiger partial charge on any atom is -0.218 e. The van der Waals surface area contributed by atoms with Gasteiger partial charge in [0.15, 0.2) is 0 Å². The van der Waals surface area contributed by atoms with Gasteiger partial charge < -0.3 is 0 Å². The van der Waals surface area contributed by atoms with E-state index in [1.54, 1.807) is 0 Å². The first-order valence-corrected chi connectivity index (χ1v) is 7.24. The van der Waals surface area contributed by atoms with Crippen LogP contribution in [-0.2, 0) is 19.7 Å². The van der Waals surface area contributed by atoms with E-state index in [0.29, 0.717) is 12.1 Å². The first-order chi connectivity index (χ1) is 8.10. The molecule has 0 saturated carbocycles. The van der Waals surface area contributed by atoms with Gasteiger partial charge in [0.1, 0.15) is 0 Å². The predicted molar refractivity (Wildman–Crippen MR) is 51.7 cm³/mol. The lowest BCUT2D eigenvalue weighted by Crippen LogP contribution is -2.15. The average Bonchev–Trinajstić information content (AvgIpc) is 2.28. The Morgan fingerprint density at radius 2 is 1.17 bits per heavy atom. The number of alkyl halides is 4. The van der Waals surface area contributed by atoms with Crippen molar-refractivity contribution in [1.82, 2.24) is 0 Å². The van der Waals surface area contributed by atoms with Gasteiger partial charge in [-0.1, -0.05) is 0 Å². The fourth-order valence-corrected chi connectivity index (χ4v) is 2.50. The van der Waals surface area contributed by atoms with E-state index in [9.17, 15) is 34.4 Å². The highest BCUT2D eigenvalue weighted by Crippen LogP contribution is 2.24. The van der Waals surface area contributed by atoms with E-state index >= 15 is 0 Å². The molecule has 0 bridgehead atoms. The van der Waals surface area contributed by atoms with Crippen LogP contribution < -0.4 is 0 Å². The molecule has 0 aromatic heterocycles. The summed E-state index contributed by atoms with van der Waals surface area (Å²) >= 11 is 0. The van der Waals surface area contributed by atoms with E-state index in [1.807, 2.05) is 6.07 Å². The number of rotatable bonds is 4. The Kier molecular flexibility index (Phi) is 4.01. The Bertz CT molecular complexity index is 584. The van der Waals surface area contributed by atoms with E-state index in [4.69, 9.17) is 0 Å². The normalized spacial score (nSPS) is 13.2. The number of hydrogen-bond donors (Lipinski definition) is 0. The molecule has 0 spiro atoms. The van der Waals surface area contributed by atoms with Crippen LogP contribution in [0, 0.1) is 6.07 Å². The van der Waals surface area contributed by atoms with Gasteiger partial charge in [-0.25, -0.2) is 16.8 Å². The maximum Gasteiger partial charge on any atom is 0.341 e. The van der Waals surface area contributed by atoms with Crippen molar-refractivity contribution < 1.29 is 34.4 Å². The third-order valence-corrected chi connectivity index (χ3v) is 4.59. The molecule has 4 nitrogen and oxygen atoms in total. The lowest BCUT2D eigenvalue weighted by atomic mass is 10.4. The monoisotopic (exact) mass is 305 g/mol. The van der Waals surface area contributed by atoms with Crippen LogP contribution in [0.5, 0.6) is 0 Å². The summed E-state index contributed by atoms with van der Waals surface area (Å²) in [4.78, 5) is -2.17. The fourth-order valence-electron chi connectivity index (χ4n) is 0.964. The summed E-state index contributed by atoms with van der Waals surface area (Å²) in [7, 11) is -10.1. The lowest BCUT2D eigenvalue weighted by Gasteiger charge is -2.06. The molecular formula is C8H5F4O4S2. The first-order valence-electron chi connectivity index (χ1n) is 4.15. The molecule has 0 heterocycles. The van der Waals surface area contributed by atoms with Gasteiger partial charge in [-0.3, -0.25) is 0 Å². The van der Waals surface area contributed by atoms with Crippen LogP contribution in [-0.4, -0.2) is 28.4 Å². The van der Waals surface area contributed by atoms with E-state index < -0.39 is 41.0 Å². The molecule has 1 rings (SSSR count). The third kappa shape index (κ3) is 2.64. The van der Waals surface area contributed by atoms with Crippen molar-refractivity contribution in [3.63, 3.8) is 0 Å². The van der Waals surface area contributed by atoms with E-state index in [0.717, 1.165) is 0 Å². The Balaban J connectivity index is 3.42. The van der Waals surface area contributed by atoms with Gasteiger partial charge in [0.25, 0.3) is 0 Å². The van der Waals surface area contributed by atoms with Crippen LogP contribution in [0.25, 0.3) is 0 Å². The number of sulfone groups is 2. The zero-order chi connectivity index (χ0) is 14.1. The van der Waals surface area contributed by atoms with Crippen LogP contribution in [0.4, 0.5) is 17.6 Å². The fraction of sp³-hybridized carbons (Fsp3) is 0.250. The van der Waals surface area contributed by atoms with Crippen molar-refractivity contribution in [1.29, 1.82) is 0 Å². The maximum atomic E-state index is 12.2. The van der Waals surface area contributed by atoms with Crippen molar-refractivity contribution in [2.75, 3.05) is 0 Å². The molecule has 1 aromatic rings. The summed E-state index contributed by atoms with van der Waals surface area (Å²) in [5.41, 5.74) is 0. The Hall–Kier alpha value is -1.16. The first kappa shape index (κ1) is 14.9. The molecule has 0 aliphatic heterocycles. The minimum absolute atomic E-state index is 0.249. The number of hydrogen-bond acceptors (Lipinski definition) is 4. The highest BCUT2D eigenvalue weighted by Gasteiger charge is 2.31. The summed E-state index contributed by atoms with van der Waals surface area (Å²) in [6.07, 6.45) is 0. The largest absolute Gasteiger partial charge is 0.341 e. The molecule has 101 valence electrons. The second-order valence-corrected chi connectivity index (χ2v) is 6.85. The summed E-state index contributed by atoms with van der Waals surface area (Å²) in [5.74, 6) is -7.56. The van der Waals surface area contributed by atoms with E-state index in [-0.39, 0.29) is 6.07 Å². The maximum absolute atomic E-state index is 12.2. The van der Waals surface area contributed by atoms with Gasteiger partial charge in [0.05, 0.1) is 9.79 Å². The molecule has 0 atom stereocenters. The van der Waals surface area contributed by atoms with Crippen LogP contribution in [0.15, 0.2) is 28.0 Å². The molecule has 0 fully saturated rings. The van der Waals surface area contributed by atoms with Crippen LogP contribution >= 0.6 is 0 Å². The molecular weight excluding hydrogens is 300 g/mol. The van der Waals surface area contributed by atoms with Gasteiger partial charge in [-0.05, 0) is 24.3 Å². The van der Waals surface area contributed by atoms with Crippen molar-refractivity contribution in [3.05, 3.63) is 24.3 Å². The van der Waals surface area contributed by atoms with Gasteiger partial charge in [-0.2, -0.15) is 17.6 Å². The van der Waals surface area contributed by atoms with Gasteiger partial charge in [0, 0.05) is 0 Å². The zero-order valence-corrected chi connectivity index (χ0v) is 9.98. The molecule has 10 heteroatoms. The molecule has 0 aliphatic carbocycles. The van der Waals surface area contributed by atoms with Crippen molar-refractivity contribution in [2.24, 2.45) is 0 Å². The quantitative estimate of drug-likeness (QED) is 0.790. The average molecular weight is 305 g/mol. The molecule has 0 saturated heterocycles. The minimum atomic E-state index is -5.06. The number of benzene rings is 1. The molecule has 0 amide bonds. The van der Waals surface area contributed by atoms with Crippen LogP contribution in [0.1, 0.15) is 0 Å². The summed E-state index contributed by atoms with van der Waals surface area (Å²) in [6.45, 7) is 0. The second kappa shape index (κ2) is 4.84. The molecule has 0 N–H and O–H groups in total. The molecule has 18 heavy (non-hydrogen) atoms. The van der Waals surface area contributed by atoms with Crippen LogP contribution in [0.2, 0.25) is 0 Å². The highest BCUT2D eigenvalue weighted by atomic mass is 32.2. The molecule has 0 unspecified atom stereocenters. The molecule has 0 aliphatic rings. The standard InChI is InChI=1S/C8H5F4O4S2/c9-7(10)17(13,14)5-2-1-3-6(4-5)18(15,16)8(11)12/h2-4,7-8H. The topological polar surface area (TPSA) is 68.3 Å². The van der Waals surface area contributed by atoms with Gasteiger partial charge >= 0.3 is 11.5 Å². The van der Waals surface area contributed by atoms with Gasteiger partial charge in [0.2, 0.25) is 19.7 Å². The number of halogens is 4. The van der Waals surface area contributed by atoms with Crippen molar-refractivity contribution >= 4 is 19.7 Å². The summed E-state index contributed by atoms with van der Waals surface area (Å²) < 4.78 is 92.9. The molecule has 1 aromatic carbocycles. The lowest BCUT2D eigenvalue weighted by molar-refractivity contribution is 0.234. The zero-order valence-electron chi connectivity index (χ0n) is 8.35. The Morgan fingerprint density at radius 1 is 0.833 bits per heavy atom. The highest BCUT2D eigenvalue weighted by molar-refractivity contribution is 7.92. The summed E-state index contributed by atoms with van der Waals surface area (Å²) in [6, 6.07) is 3.33. The third-order valence-electron chi connectivity index (χ3n) is 1.86. The smallest absolute Gasteiger partial charge is 0.218 e. The molecule has 1 radical (unpaired) electrons. The van der Waals surface area contributed by atoms with Crippen molar-refractivity contribution in [2.45, 2.75) is 21.3 Å². The van der Waals surface area contributed by atoms with Crippen molar-refractivity contribution in [3.8, 4) is 0 Å². The van der Waals surface area contributed by atoms with E-state index in [1.165, 1.54) is 0 Å².